The molecular formula is C21H20N4O2S. The average molecular weight is 392 g/mol. The van der Waals surface area contributed by atoms with Crippen LogP contribution in [-0.4, -0.2) is 34.6 Å². The number of carbonyl (C=O) groups is 1. The van der Waals surface area contributed by atoms with Crippen molar-refractivity contribution in [2.75, 3.05) is 18.6 Å². The SMILES string of the molecule is COC(=O)Cc1ccc2c(c1)CCN2c1nc(-c2cncs2)nc2c1CCC2. The van der Waals surface area contributed by atoms with E-state index in [1.807, 2.05) is 17.8 Å². The highest BCUT2D eigenvalue weighted by atomic mass is 32.1. The summed E-state index contributed by atoms with van der Waals surface area (Å²) in [6.45, 7) is 0.891. The number of aryl methyl sites for hydroxylation is 1. The van der Waals surface area contributed by atoms with E-state index in [0.29, 0.717) is 6.42 Å². The predicted octanol–water partition coefficient (Wildman–Crippen LogP) is 3.50. The number of anilines is 2. The van der Waals surface area contributed by atoms with E-state index >= 15 is 0 Å². The predicted molar refractivity (Wildman–Crippen MR) is 108 cm³/mol. The molecule has 1 aliphatic carbocycles. The summed E-state index contributed by atoms with van der Waals surface area (Å²) in [5, 5.41) is 0. The monoisotopic (exact) mass is 392 g/mol. The van der Waals surface area contributed by atoms with Crippen LogP contribution in [0.1, 0.15) is 28.8 Å². The van der Waals surface area contributed by atoms with Gasteiger partial charge in [-0.05, 0) is 42.9 Å². The second-order valence-corrected chi connectivity index (χ2v) is 8.02. The van der Waals surface area contributed by atoms with Crippen LogP contribution in [0.3, 0.4) is 0 Å². The van der Waals surface area contributed by atoms with Gasteiger partial charge in [-0.2, -0.15) is 0 Å². The molecular weight excluding hydrogens is 372 g/mol. The van der Waals surface area contributed by atoms with Crippen LogP contribution < -0.4 is 4.90 Å². The molecule has 2 aliphatic rings. The van der Waals surface area contributed by atoms with E-state index in [2.05, 4.69) is 22.0 Å². The molecule has 0 unspecified atom stereocenters. The molecule has 7 heteroatoms. The smallest absolute Gasteiger partial charge is 0.309 e. The molecule has 0 saturated heterocycles. The Labute approximate surface area is 167 Å². The Morgan fingerprint density at radius 3 is 3.00 bits per heavy atom. The normalized spacial score (nSPS) is 14.8. The summed E-state index contributed by atoms with van der Waals surface area (Å²) in [5.74, 6) is 1.59. The van der Waals surface area contributed by atoms with Crippen molar-refractivity contribution in [1.82, 2.24) is 15.0 Å². The molecule has 6 nitrogen and oxygen atoms in total. The molecule has 3 heterocycles. The number of nitrogens with zero attached hydrogens (tertiary/aromatic N) is 4. The number of carbonyl (C=O) groups excluding carboxylic acids is 1. The van der Waals surface area contributed by atoms with Gasteiger partial charge in [0.15, 0.2) is 5.82 Å². The van der Waals surface area contributed by atoms with E-state index in [1.54, 1.807) is 11.3 Å². The third-order valence-electron chi connectivity index (χ3n) is 5.44. The first-order valence-corrected chi connectivity index (χ1v) is 10.4. The van der Waals surface area contributed by atoms with Crippen molar-refractivity contribution in [3.63, 3.8) is 0 Å². The maximum Gasteiger partial charge on any atom is 0.309 e. The molecule has 28 heavy (non-hydrogen) atoms. The summed E-state index contributed by atoms with van der Waals surface area (Å²) in [7, 11) is 1.42. The molecule has 1 aliphatic heterocycles. The fraction of sp³-hybridized carbons (Fsp3) is 0.333. The van der Waals surface area contributed by atoms with Gasteiger partial charge in [0.1, 0.15) is 5.82 Å². The largest absolute Gasteiger partial charge is 0.469 e. The van der Waals surface area contributed by atoms with E-state index in [9.17, 15) is 4.79 Å². The lowest BCUT2D eigenvalue weighted by Crippen LogP contribution is -2.18. The molecule has 0 radical (unpaired) electrons. The minimum atomic E-state index is -0.211. The zero-order chi connectivity index (χ0) is 19.1. The first-order valence-electron chi connectivity index (χ1n) is 9.48. The molecule has 3 aromatic rings. The lowest BCUT2D eigenvalue weighted by atomic mass is 10.1. The van der Waals surface area contributed by atoms with Crippen LogP contribution in [0.5, 0.6) is 0 Å². The highest BCUT2D eigenvalue weighted by Gasteiger charge is 2.28. The topological polar surface area (TPSA) is 68.2 Å². The van der Waals surface area contributed by atoms with Crippen LogP contribution >= 0.6 is 11.3 Å². The Hall–Kier alpha value is -2.80. The van der Waals surface area contributed by atoms with Crippen molar-refractivity contribution >= 4 is 28.8 Å². The van der Waals surface area contributed by atoms with E-state index < -0.39 is 0 Å². The number of benzene rings is 1. The van der Waals surface area contributed by atoms with Gasteiger partial charge in [-0.3, -0.25) is 9.78 Å². The van der Waals surface area contributed by atoms with Crippen LogP contribution in [0.4, 0.5) is 11.5 Å². The number of hydrogen-bond donors (Lipinski definition) is 0. The maximum absolute atomic E-state index is 11.6. The maximum atomic E-state index is 11.6. The van der Waals surface area contributed by atoms with Gasteiger partial charge in [-0.15, -0.1) is 11.3 Å². The number of ether oxygens (including phenoxy) is 1. The number of rotatable bonds is 4. The number of fused-ring (bicyclic) bond motifs is 2. The highest BCUT2D eigenvalue weighted by Crippen LogP contribution is 2.39. The fourth-order valence-corrected chi connectivity index (χ4v) is 4.65. The van der Waals surface area contributed by atoms with Gasteiger partial charge >= 0.3 is 5.97 Å². The van der Waals surface area contributed by atoms with Gasteiger partial charge in [0.05, 0.1) is 23.9 Å². The van der Waals surface area contributed by atoms with Gasteiger partial charge in [-0.25, -0.2) is 9.97 Å². The zero-order valence-electron chi connectivity index (χ0n) is 15.6. The third-order valence-corrected chi connectivity index (χ3v) is 6.20. The van der Waals surface area contributed by atoms with Gasteiger partial charge in [0, 0.05) is 29.7 Å². The first-order chi connectivity index (χ1) is 13.7. The van der Waals surface area contributed by atoms with Gasteiger partial charge in [0.2, 0.25) is 0 Å². The van der Waals surface area contributed by atoms with E-state index in [1.165, 1.54) is 29.6 Å². The number of esters is 1. The van der Waals surface area contributed by atoms with Crippen LogP contribution in [0.15, 0.2) is 29.9 Å². The van der Waals surface area contributed by atoms with Gasteiger partial charge in [0.25, 0.3) is 0 Å². The van der Waals surface area contributed by atoms with Crippen molar-refractivity contribution in [3.05, 3.63) is 52.3 Å². The fourth-order valence-electron chi connectivity index (χ4n) is 4.10. The highest BCUT2D eigenvalue weighted by molar-refractivity contribution is 7.13. The summed E-state index contributed by atoms with van der Waals surface area (Å²) >= 11 is 1.57. The van der Waals surface area contributed by atoms with Crippen LogP contribution in [0.25, 0.3) is 10.7 Å². The third kappa shape index (κ3) is 2.96. The lowest BCUT2D eigenvalue weighted by molar-refractivity contribution is -0.139. The second-order valence-electron chi connectivity index (χ2n) is 7.13. The molecule has 5 rings (SSSR count). The molecule has 1 aromatic carbocycles. The van der Waals surface area contributed by atoms with Crippen molar-refractivity contribution in [3.8, 4) is 10.7 Å². The summed E-state index contributed by atoms with van der Waals surface area (Å²) < 4.78 is 4.79. The molecule has 0 spiro atoms. The molecule has 0 fully saturated rings. The van der Waals surface area contributed by atoms with Crippen molar-refractivity contribution in [1.29, 1.82) is 0 Å². The Morgan fingerprint density at radius 2 is 2.18 bits per heavy atom. The molecule has 0 N–H and O–H groups in total. The van der Waals surface area contributed by atoms with Crippen molar-refractivity contribution in [2.45, 2.75) is 32.1 Å². The quantitative estimate of drug-likeness (QED) is 0.633. The Balaban J connectivity index is 1.54. The number of aromatic nitrogens is 3. The van der Waals surface area contributed by atoms with Crippen LogP contribution in [0.2, 0.25) is 0 Å². The summed E-state index contributed by atoms with van der Waals surface area (Å²) in [4.78, 5) is 28.9. The Bertz CT molecular complexity index is 1050. The van der Waals surface area contributed by atoms with E-state index in [-0.39, 0.29) is 5.97 Å². The van der Waals surface area contributed by atoms with Crippen molar-refractivity contribution < 1.29 is 9.53 Å². The summed E-state index contributed by atoms with van der Waals surface area (Å²) in [6, 6.07) is 6.24. The first kappa shape index (κ1) is 17.3. The molecule has 142 valence electrons. The minimum absolute atomic E-state index is 0.211. The average Bonchev–Trinajstić information content (AvgIpc) is 3.46. The minimum Gasteiger partial charge on any atom is -0.469 e. The number of hydrogen-bond acceptors (Lipinski definition) is 7. The summed E-state index contributed by atoms with van der Waals surface area (Å²) in [6.07, 6.45) is 6.25. The zero-order valence-corrected chi connectivity index (χ0v) is 16.5. The number of methoxy groups -OCH3 is 1. The number of thiazole rings is 1. The molecule has 0 bridgehead atoms. The standard InChI is InChI=1S/C21H20N4O2S/c1-27-19(26)10-13-5-6-17-14(9-13)7-8-25(17)21-15-3-2-4-16(15)23-20(24-21)18-11-22-12-28-18/h5-6,9,11-12H,2-4,7-8,10H2,1H3. The lowest BCUT2D eigenvalue weighted by Gasteiger charge is -2.22. The van der Waals surface area contributed by atoms with E-state index in [0.717, 1.165) is 54.3 Å². The molecule has 0 atom stereocenters. The molecule has 2 aromatic heterocycles. The van der Waals surface area contributed by atoms with Crippen molar-refractivity contribution in [2.24, 2.45) is 0 Å². The van der Waals surface area contributed by atoms with Gasteiger partial charge < -0.3 is 9.64 Å². The second kappa shape index (κ2) is 6.98. The molecule has 0 amide bonds. The van der Waals surface area contributed by atoms with E-state index in [4.69, 9.17) is 14.7 Å². The molecule has 0 saturated carbocycles. The van der Waals surface area contributed by atoms with Crippen LogP contribution in [0, 0.1) is 0 Å². The van der Waals surface area contributed by atoms with Gasteiger partial charge in [-0.1, -0.05) is 12.1 Å². The summed E-state index contributed by atoms with van der Waals surface area (Å²) in [5.41, 5.74) is 7.69. The Kier molecular flexibility index (Phi) is 4.31. The van der Waals surface area contributed by atoms with Crippen LogP contribution in [-0.2, 0) is 35.2 Å². The Morgan fingerprint density at radius 1 is 1.25 bits per heavy atom.